The molecule has 0 radical (unpaired) electrons. The van der Waals surface area contributed by atoms with Crippen LogP contribution in [0.2, 0.25) is 0 Å². The number of carbonyl (C=O) groups is 1. The minimum absolute atomic E-state index is 0.0397. The minimum Gasteiger partial charge on any atom is -0.396 e. The summed E-state index contributed by atoms with van der Waals surface area (Å²) in [7, 11) is 0. The Hall–Kier alpha value is -1.42. The number of hydrogen-bond acceptors (Lipinski definition) is 2. The molecule has 1 aromatic rings. The van der Waals surface area contributed by atoms with Gasteiger partial charge >= 0.3 is 0 Å². The second kappa shape index (κ2) is 7.24. The third kappa shape index (κ3) is 5.39. The summed E-state index contributed by atoms with van der Waals surface area (Å²) >= 11 is 0. The molecule has 0 fully saturated rings. The molecule has 1 atom stereocenters. The van der Waals surface area contributed by atoms with Crippen molar-refractivity contribution in [2.45, 2.75) is 45.1 Å². The van der Waals surface area contributed by atoms with E-state index < -0.39 is 0 Å². The first-order valence-electron chi connectivity index (χ1n) is 6.65. The number of rotatable bonds is 7. The van der Waals surface area contributed by atoms with Gasteiger partial charge in [0.1, 0.15) is 5.82 Å². The van der Waals surface area contributed by atoms with Crippen LogP contribution >= 0.6 is 0 Å². The number of benzene rings is 1. The molecule has 1 unspecified atom stereocenters. The molecule has 0 aromatic heterocycles. The molecule has 0 aliphatic rings. The number of aryl methyl sites for hydroxylation is 1. The van der Waals surface area contributed by atoms with E-state index in [1.165, 1.54) is 12.1 Å². The van der Waals surface area contributed by atoms with Crippen LogP contribution in [0, 0.1) is 5.82 Å². The van der Waals surface area contributed by atoms with E-state index >= 15 is 0 Å². The maximum atomic E-state index is 12.7. The fourth-order valence-electron chi connectivity index (χ4n) is 1.88. The molecule has 1 amide bonds. The molecule has 0 saturated heterocycles. The van der Waals surface area contributed by atoms with E-state index in [0.717, 1.165) is 12.0 Å². The molecule has 19 heavy (non-hydrogen) atoms. The van der Waals surface area contributed by atoms with Crippen molar-refractivity contribution in [2.24, 2.45) is 0 Å². The molecular formula is C15H22FNO2. The molecule has 0 heterocycles. The van der Waals surface area contributed by atoms with E-state index in [9.17, 15) is 9.18 Å². The standard InChI is InChI=1S/C15H22FNO2/c1-3-15(2,10-11-18)17-14(19)9-6-12-4-7-13(16)8-5-12/h4-5,7-8,18H,3,6,9-11H2,1-2H3,(H,17,19). The number of nitrogens with one attached hydrogen (secondary N) is 1. The van der Waals surface area contributed by atoms with Gasteiger partial charge in [-0.1, -0.05) is 19.1 Å². The molecule has 0 bridgehead atoms. The molecule has 3 nitrogen and oxygen atoms in total. The number of hydrogen-bond donors (Lipinski definition) is 2. The highest BCUT2D eigenvalue weighted by atomic mass is 19.1. The van der Waals surface area contributed by atoms with Crippen molar-refractivity contribution >= 4 is 5.91 Å². The topological polar surface area (TPSA) is 49.3 Å². The Morgan fingerprint density at radius 2 is 2.00 bits per heavy atom. The number of aliphatic hydroxyl groups is 1. The molecule has 1 aromatic carbocycles. The van der Waals surface area contributed by atoms with Gasteiger partial charge in [0.25, 0.3) is 0 Å². The van der Waals surface area contributed by atoms with Gasteiger partial charge in [0.2, 0.25) is 5.91 Å². The first kappa shape index (κ1) is 15.6. The average Bonchev–Trinajstić information content (AvgIpc) is 2.38. The van der Waals surface area contributed by atoms with E-state index in [1.807, 2.05) is 13.8 Å². The third-order valence-electron chi connectivity index (χ3n) is 3.44. The van der Waals surface area contributed by atoms with E-state index in [0.29, 0.717) is 19.3 Å². The molecule has 106 valence electrons. The second-order valence-corrected chi connectivity index (χ2v) is 5.06. The van der Waals surface area contributed by atoms with Gasteiger partial charge in [0.15, 0.2) is 0 Å². The van der Waals surface area contributed by atoms with Gasteiger partial charge in [0, 0.05) is 18.6 Å². The maximum Gasteiger partial charge on any atom is 0.220 e. The lowest BCUT2D eigenvalue weighted by Gasteiger charge is -2.29. The summed E-state index contributed by atoms with van der Waals surface area (Å²) in [6.45, 7) is 3.97. The first-order chi connectivity index (χ1) is 8.99. The lowest BCUT2D eigenvalue weighted by Crippen LogP contribution is -2.46. The highest BCUT2D eigenvalue weighted by Crippen LogP contribution is 2.14. The van der Waals surface area contributed by atoms with Crippen LogP contribution in [0.1, 0.15) is 38.7 Å². The van der Waals surface area contributed by atoms with Crippen LogP contribution in [-0.4, -0.2) is 23.2 Å². The van der Waals surface area contributed by atoms with Crippen LogP contribution in [0.25, 0.3) is 0 Å². The molecule has 0 aliphatic heterocycles. The van der Waals surface area contributed by atoms with Gasteiger partial charge < -0.3 is 10.4 Å². The van der Waals surface area contributed by atoms with Crippen LogP contribution in [0.5, 0.6) is 0 Å². The summed E-state index contributed by atoms with van der Waals surface area (Å²) in [5, 5.41) is 11.9. The lowest BCUT2D eigenvalue weighted by molar-refractivity contribution is -0.123. The van der Waals surface area contributed by atoms with Crippen LogP contribution in [0.4, 0.5) is 4.39 Å². The molecule has 0 spiro atoms. The highest BCUT2D eigenvalue weighted by molar-refractivity contribution is 5.77. The fraction of sp³-hybridized carbons (Fsp3) is 0.533. The van der Waals surface area contributed by atoms with Crippen LogP contribution in [0.3, 0.4) is 0 Å². The molecule has 0 saturated carbocycles. The van der Waals surface area contributed by atoms with Crippen LogP contribution < -0.4 is 5.32 Å². The van der Waals surface area contributed by atoms with Gasteiger partial charge in [-0.3, -0.25) is 4.79 Å². The first-order valence-corrected chi connectivity index (χ1v) is 6.65. The zero-order valence-corrected chi connectivity index (χ0v) is 11.6. The van der Waals surface area contributed by atoms with E-state index in [1.54, 1.807) is 12.1 Å². The lowest BCUT2D eigenvalue weighted by atomic mass is 9.94. The van der Waals surface area contributed by atoms with E-state index in [4.69, 9.17) is 5.11 Å². The zero-order valence-electron chi connectivity index (χ0n) is 11.6. The summed E-state index contributed by atoms with van der Waals surface area (Å²) in [6.07, 6.45) is 2.28. The van der Waals surface area contributed by atoms with Gasteiger partial charge in [-0.2, -0.15) is 0 Å². The molecule has 1 rings (SSSR count). The van der Waals surface area contributed by atoms with Crippen molar-refractivity contribution in [1.82, 2.24) is 5.32 Å². The Balaban J connectivity index is 2.45. The van der Waals surface area contributed by atoms with Gasteiger partial charge in [0.05, 0.1) is 0 Å². The average molecular weight is 267 g/mol. The van der Waals surface area contributed by atoms with Crippen molar-refractivity contribution in [1.29, 1.82) is 0 Å². The predicted molar refractivity (Wildman–Crippen MR) is 73.3 cm³/mol. The number of halogens is 1. The molecule has 2 N–H and O–H groups in total. The summed E-state index contributed by atoms with van der Waals surface area (Å²) in [6, 6.07) is 6.18. The van der Waals surface area contributed by atoms with Gasteiger partial charge in [-0.15, -0.1) is 0 Å². The van der Waals surface area contributed by atoms with Crippen LogP contribution in [0.15, 0.2) is 24.3 Å². The summed E-state index contributed by atoms with van der Waals surface area (Å²) in [5.74, 6) is -0.308. The largest absolute Gasteiger partial charge is 0.396 e. The molecule has 4 heteroatoms. The van der Waals surface area contributed by atoms with Gasteiger partial charge in [-0.25, -0.2) is 4.39 Å². The van der Waals surface area contributed by atoms with Crippen LogP contribution in [-0.2, 0) is 11.2 Å². The SMILES string of the molecule is CCC(C)(CCO)NC(=O)CCc1ccc(F)cc1. The smallest absolute Gasteiger partial charge is 0.220 e. The quantitative estimate of drug-likeness (QED) is 0.797. The Kier molecular flexibility index (Phi) is 5.96. The Bertz CT molecular complexity index is 405. The van der Waals surface area contributed by atoms with Gasteiger partial charge in [-0.05, 0) is 43.9 Å². The van der Waals surface area contributed by atoms with Crippen molar-refractivity contribution in [3.8, 4) is 0 Å². The maximum absolute atomic E-state index is 12.7. The Morgan fingerprint density at radius 1 is 1.37 bits per heavy atom. The molecule has 0 aliphatic carbocycles. The number of amides is 1. The summed E-state index contributed by atoms with van der Waals surface area (Å²) in [4.78, 5) is 11.9. The normalized spacial score (nSPS) is 13.9. The van der Waals surface area contributed by atoms with E-state index in [-0.39, 0.29) is 23.9 Å². The Labute approximate surface area is 113 Å². The monoisotopic (exact) mass is 267 g/mol. The summed E-state index contributed by atoms with van der Waals surface area (Å²) < 4.78 is 12.7. The third-order valence-corrected chi connectivity index (χ3v) is 3.44. The van der Waals surface area contributed by atoms with E-state index in [2.05, 4.69) is 5.32 Å². The fourth-order valence-corrected chi connectivity index (χ4v) is 1.88. The number of carbonyl (C=O) groups excluding carboxylic acids is 1. The van der Waals surface area contributed by atoms with Crippen molar-refractivity contribution in [3.63, 3.8) is 0 Å². The minimum atomic E-state index is -0.353. The molecular weight excluding hydrogens is 245 g/mol. The predicted octanol–water partition coefficient (Wildman–Crippen LogP) is 2.43. The zero-order chi connectivity index (χ0) is 14.3. The summed E-state index contributed by atoms with van der Waals surface area (Å²) in [5.41, 5.74) is 0.589. The Morgan fingerprint density at radius 3 is 2.53 bits per heavy atom. The van der Waals surface area contributed by atoms with Crippen molar-refractivity contribution < 1.29 is 14.3 Å². The second-order valence-electron chi connectivity index (χ2n) is 5.06. The van der Waals surface area contributed by atoms with Crippen molar-refractivity contribution in [3.05, 3.63) is 35.6 Å². The number of aliphatic hydroxyl groups excluding tert-OH is 1. The highest BCUT2D eigenvalue weighted by Gasteiger charge is 2.23. The van der Waals surface area contributed by atoms with Crippen molar-refractivity contribution in [2.75, 3.05) is 6.61 Å².